The molecule has 0 aliphatic carbocycles. The first-order chi connectivity index (χ1) is 12.6. The number of benzene rings is 2. The van der Waals surface area contributed by atoms with Crippen LogP contribution in [0.4, 0.5) is 0 Å². The number of pyridine rings is 1. The van der Waals surface area contributed by atoms with Crippen LogP contribution in [0.5, 0.6) is 0 Å². The maximum Gasteiger partial charge on any atom is 0.355 e. The van der Waals surface area contributed by atoms with Crippen molar-refractivity contribution in [2.45, 2.75) is 6.54 Å². The number of ether oxygens (including phenoxy) is 2. The minimum Gasteiger partial charge on any atom is -0.464 e. The zero-order valence-electron chi connectivity index (χ0n) is 14.5. The lowest BCUT2D eigenvalue weighted by Crippen LogP contribution is -2.29. The van der Waals surface area contributed by atoms with E-state index in [9.17, 15) is 9.59 Å². The maximum atomic E-state index is 13.1. The van der Waals surface area contributed by atoms with Gasteiger partial charge in [0.15, 0.2) is 0 Å². The van der Waals surface area contributed by atoms with Gasteiger partial charge in [0.25, 0.3) is 5.56 Å². The van der Waals surface area contributed by atoms with E-state index in [4.69, 9.17) is 9.47 Å². The molecule has 1 aromatic heterocycles. The molecule has 0 aliphatic heterocycles. The van der Waals surface area contributed by atoms with Gasteiger partial charge in [0.2, 0.25) is 0 Å². The number of esters is 1. The molecule has 0 saturated carbocycles. The molecule has 3 aromatic rings. The van der Waals surface area contributed by atoms with Gasteiger partial charge in [0.05, 0.1) is 13.7 Å². The average Bonchev–Trinajstić information content (AvgIpc) is 2.67. The van der Waals surface area contributed by atoms with Crippen LogP contribution in [0.1, 0.15) is 10.5 Å². The molecule has 0 unspecified atom stereocenters. The number of halogens is 1. The number of carbonyl (C=O) groups excluding carboxylic acids is 1. The first kappa shape index (κ1) is 18.4. The molecular formula is C20H18BrNO4. The summed E-state index contributed by atoms with van der Waals surface area (Å²) >= 11 is 3.46. The molecule has 2 aromatic carbocycles. The van der Waals surface area contributed by atoms with E-state index in [1.54, 1.807) is 13.2 Å². The fourth-order valence-corrected chi connectivity index (χ4v) is 3.38. The minimum absolute atomic E-state index is 0.228. The van der Waals surface area contributed by atoms with Crippen molar-refractivity contribution < 1.29 is 14.3 Å². The van der Waals surface area contributed by atoms with Gasteiger partial charge in [-0.3, -0.25) is 9.36 Å². The van der Waals surface area contributed by atoms with Gasteiger partial charge in [0.1, 0.15) is 5.69 Å². The second-order valence-electron chi connectivity index (χ2n) is 5.72. The van der Waals surface area contributed by atoms with E-state index in [1.165, 1.54) is 11.7 Å². The topological polar surface area (TPSA) is 57.5 Å². The highest BCUT2D eigenvalue weighted by molar-refractivity contribution is 9.10. The van der Waals surface area contributed by atoms with E-state index in [0.717, 1.165) is 10.0 Å². The molecule has 5 nitrogen and oxygen atoms in total. The molecule has 0 saturated heterocycles. The Bertz CT molecular complexity index is 1010. The lowest BCUT2D eigenvalue weighted by atomic mass is 9.96. The lowest BCUT2D eigenvalue weighted by molar-refractivity contribution is 0.0585. The zero-order chi connectivity index (χ0) is 18.7. The van der Waals surface area contributed by atoms with E-state index >= 15 is 0 Å². The Hall–Kier alpha value is -2.44. The molecule has 0 atom stereocenters. The van der Waals surface area contributed by atoms with Crippen molar-refractivity contribution in [3.63, 3.8) is 0 Å². The van der Waals surface area contributed by atoms with Gasteiger partial charge in [-0.25, -0.2) is 4.79 Å². The number of rotatable bonds is 5. The van der Waals surface area contributed by atoms with Gasteiger partial charge in [-0.05, 0) is 29.1 Å². The standard InChI is InChI=1S/C20H18BrNO4/c1-25-11-10-22-18(20(24)26-2)17(13-6-4-3-5-7-13)16-12-14(21)8-9-15(16)19(22)23/h3-9,12H,10-11H2,1-2H3. The third-order valence-electron chi connectivity index (χ3n) is 4.19. The summed E-state index contributed by atoms with van der Waals surface area (Å²) in [7, 11) is 2.87. The summed E-state index contributed by atoms with van der Waals surface area (Å²) in [6.07, 6.45) is 0. The van der Waals surface area contributed by atoms with Crippen LogP contribution in [-0.4, -0.2) is 31.4 Å². The molecule has 1 heterocycles. The van der Waals surface area contributed by atoms with Crippen LogP contribution in [0.3, 0.4) is 0 Å². The van der Waals surface area contributed by atoms with Crippen molar-refractivity contribution in [2.75, 3.05) is 20.8 Å². The van der Waals surface area contributed by atoms with Crippen molar-refractivity contribution in [3.05, 3.63) is 69.1 Å². The summed E-state index contributed by atoms with van der Waals surface area (Å²) in [5.74, 6) is -0.557. The van der Waals surface area contributed by atoms with Crippen molar-refractivity contribution in [3.8, 4) is 11.1 Å². The van der Waals surface area contributed by atoms with E-state index in [0.29, 0.717) is 22.9 Å². The van der Waals surface area contributed by atoms with E-state index < -0.39 is 5.97 Å². The third kappa shape index (κ3) is 3.30. The summed E-state index contributed by atoms with van der Waals surface area (Å²) in [4.78, 5) is 25.7. The van der Waals surface area contributed by atoms with Gasteiger partial charge < -0.3 is 9.47 Å². The molecule has 0 bridgehead atoms. The Morgan fingerprint density at radius 3 is 2.46 bits per heavy atom. The Kier molecular flexibility index (Phi) is 5.54. The Balaban J connectivity index is 2.50. The molecule has 0 aliphatic rings. The fourth-order valence-electron chi connectivity index (χ4n) is 3.02. The van der Waals surface area contributed by atoms with E-state index in [-0.39, 0.29) is 17.8 Å². The number of fused-ring (bicyclic) bond motifs is 1. The van der Waals surface area contributed by atoms with Crippen LogP contribution < -0.4 is 5.56 Å². The Morgan fingerprint density at radius 1 is 1.08 bits per heavy atom. The van der Waals surface area contributed by atoms with Crippen molar-refractivity contribution >= 4 is 32.7 Å². The van der Waals surface area contributed by atoms with Crippen LogP contribution in [0.25, 0.3) is 21.9 Å². The largest absolute Gasteiger partial charge is 0.464 e. The highest BCUT2D eigenvalue weighted by Gasteiger charge is 2.23. The van der Waals surface area contributed by atoms with Crippen LogP contribution in [-0.2, 0) is 16.0 Å². The van der Waals surface area contributed by atoms with E-state index in [2.05, 4.69) is 15.9 Å². The zero-order valence-corrected chi connectivity index (χ0v) is 16.1. The highest BCUT2D eigenvalue weighted by Crippen LogP contribution is 2.32. The molecule has 3 rings (SSSR count). The third-order valence-corrected chi connectivity index (χ3v) is 4.69. The molecule has 0 fully saturated rings. The maximum absolute atomic E-state index is 13.1. The van der Waals surface area contributed by atoms with Gasteiger partial charge in [-0.2, -0.15) is 0 Å². The number of hydrogen-bond donors (Lipinski definition) is 0. The number of carbonyl (C=O) groups is 1. The predicted octanol–water partition coefficient (Wildman–Crippen LogP) is 3.86. The predicted molar refractivity (Wildman–Crippen MR) is 105 cm³/mol. The van der Waals surface area contributed by atoms with Crippen LogP contribution in [0.2, 0.25) is 0 Å². The lowest BCUT2D eigenvalue weighted by Gasteiger charge is -2.18. The molecule has 6 heteroatoms. The molecule has 0 radical (unpaired) electrons. The number of hydrogen-bond acceptors (Lipinski definition) is 4. The second-order valence-corrected chi connectivity index (χ2v) is 6.64. The minimum atomic E-state index is -0.557. The number of methoxy groups -OCH3 is 2. The van der Waals surface area contributed by atoms with Crippen LogP contribution >= 0.6 is 15.9 Å². The second kappa shape index (κ2) is 7.85. The first-order valence-electron chi connectivity index (χ1n) is 8.07. The first-order valence-corrected chi connectivity index (χ1v) is 8.86. The van der Waals surface area contributed by atoms with Gasteiger partial charge in [-0.15, -0.1) is 0 Å². The van der Waals surface area contributed by atoms with Gasteiger partial charge >= 0.3 is 5.97 Å². The van der Waals surface area contributed by atoms with Crippen molar-refractivity contribution in [2.24, 2.45) is 0 Å². The monoisotopic (exact) mass is 415 g/mol. The average molecular weight is 416 g/mol. The SMILES string of the molecule is COCCn1c(C(=O)OC)c(-c2ccccc2)c2cc(Br)ccc2c1=O. The van der Waals surface area contributed by atoms with Crippen LogP contribution in [0.15, 0.2) is 57.8 Å². The van der Waals surface area contributed by atoms with Gasteiger partial charge in [-0.1, -0.05) is 46.3 Å². The summed E-state index contributed by atoms with van der Waals surface area (Å²) in [5.41, 5.74) is 1.49. The quantitative estimate of drug-likeness (QED) is 0.593. The smallest absolute Gasteiger partial charge is 0.355 e. The number of aromatic nitrogens is 1. The van der Waals surface area contributed by atoms with Crippen LogP contribution in [0, 0.1) is 0 Å². The highest BCUT2D eigenvalue weighted by atomic mass is 79.9. The molecule has 0 amide bonds. The fraction of sp³-hybridized carbons (Fsp3) is 0.200. The Morgan fingerprint density at radius 2 is 1.81 bits per heavy atom. The van der Waals surface area contributed by atoms with Gasteiger partial charge in [0, 0.05) is 29.1 Å². The normalized spacial score (nSPS) is 10.9. The molecule has 26 heavy (non-hydrogen) atoms. The molecule has 134 valence electrons. The summed E-state index contributed by atoms with van der Waals surface area (Å²) < 4.78 is 12.4. The van der Waals surface area contributed by atoms with Crippen molar-refractivity contribution in [1.29, 1.82) is 0 Å². The summed E-state index contributed by atoms with van der Waals surface area (Å²) in [5, 5.41) is 1.24. The molecule has 0 N–H and O–H groups in total. The van der Waals surface area contributed by atoms with Crippen molar-refractivity contribution in [1.82, 2.24) is 4.57 Å². The van der Waals surface area contributed by atoms with E-state index in [1.807, 2.05) is 42.5 Å². The molecular weight excluding hydrogens is 398 g/mol. The Labute approximate surface area is 159 Å². The summed E-state index contributed by atoms with van der Waals surface area (Å²) in [6, 6.07) is 14.9. The number of nitrogens with zero attached hydrogens (tertiary/aromatic N) is 1. The molecule has 0 spiro atoms. The summed E-state index contributed by atoms with van der Waals surface area (Å²) in [6.45, 7) is 0.561.